The summed E-state index contributed by atoms with van der Waals surface area (Å²) in [6.07, 6.45) is 0. The summed E-state index contributed by atoms with van der Waals surface area (Å²) >= 11 is 1.62. The first kappa shape index (κ1) is 19.5. The summed E-state index contributed by atoms with van der Waals surface area (Å²) in [5.41, 5.74) is 2.26. The third-order valence-electron chi connectivity index (χ3n) is 4.26. The van der Waals surface area contributed by atoms with Crippen molar-refractivity contribution in [1.82, 2.24) is 15.0 Å². The van der Waals surface area contributed by atoms with E-state index < -0.39 is 0 Å². The quantitative estimate of drug-likeness (QED) is 0.588. The van der Waals surface area contributed by atoms with Gasteiger partial charge in [0.1, 0.15) is 0 Å². The maximum absolute atomic E-state index is 13.3. The molecule has 3 rings (SSSR count). The SMILES string of the molecule is COCCN(CCOC)C(=O)c1cc(-c2ccc(C)s2)nc2onc(C)c12. The van der Waals surface area contributed by atoms with E-state index in [1.807, 2.05) is 32.0 Å². The molecule has 0 atom stereocenters. The highest BCUT2D eigenvalue weighted by atomic mass is 32.1. The van der Waals surface area contributed by atoms with Gasteiger partial charge in [-0.2, -0.15) is 0 Å². The van der Waals surface area contributed by atoms with Crippen molar-refractivity contribution in [3.05, 3.63) is 34.3 Å². The van der Waals surface area contributed by atoms with E-state index in [-0.39, 0.29) is 5.91 Å². The standard InChI is InChI=1S/C19H23N3O4S/c1-12-5-6-16(27-12)15-11-14(17-13(2)21-26-18(17)20-15)19(23)22(7-9-24-3)8-10-25-4/h5-6,11H,7-10H2,1-4H3. The van der Waals surface area contributed by atoms with Crippen molar-refractivity contribution in [2.24, 2.45) is 0 Å². The zero-order valence-corrected chi connectivity index (χ0v) is 16.8. The normalized spacial score (nSPS) is 11.3. The minimum absolute atomic E-state index is 0.114. The largest absolute Gasteiger partial charge is 0.383 e. The van der Waals surface area contributed by atoms with Gasteiger partial charge in [0.25, 0.3) is 11.6 Å². The predicted octanol–water partition coefficient (Wildman–Crippen LogP) is 3.30. The fourth-order valence-electron chi connectivity index (χ4n) is 2.85. The first-order valence-corrected chi connectivity index (χ1v) is 9.47. The van der Waals surface area contributed by atoms with Crippen LogP contribution in [0.4, 0.5) is 0 Å². The Labute approximate surface area is 161 Å². The van der Waals surface area contributed by atoms with Gasteiger partial charge in [-0.1, -0.05) is 5.16 Å². The number of aryl methyl sites for hydroxylation is 2. The van der Waals surface area contributed by atoms with E-state index in [1.54, 1.807) is 30.5 Å². The van der Waals surface area contributed by atoms with E-state index >= 15 is 0 Å². The predicted molar refractivity (Wildman–Crippen MR) is 104 cm³/mol. The van der Waals surface area contributed by atoms with Gasteiger partial charge in [0.05, 0.1) is 40.4 Å². The molecule has 3 aromatic rings. The van der Waals surface area contributed by atoms with E-state index in [1.165, 1.54) is 4.88 Å². The van der Waals surface area contributed by atoms with E-state index in [9.17, 15) is 4.79 Å². The van der Waals surface area contributed by atoms with Crippen molar-refractivity contribution >= 4 is 28.3 Å². The van der Waals surface area contributed by atoms with Crippen LogP contribution in [-0.4, -0.2) is 61.5 Å². The lowest BCUT2D eigenvalue weighted by Gasteiger charge is -2.22. The Morgan fingerprint density at radius 3 is 2.48 bits per heavy atom. The van der Waals surface area contributed by atoms with Crippen LogP contribution in [0.5, 0.6) is 0 Å². The van der Waals surface area contributed by atoms with E-state index in [2.05, 4.69) is 10.1 Å². The molecule has 0 aliphatic heterocycles. The summed E-state index contributed by atoms with van der Waals surface area (Å²) in [5, 5.41) is 4.66. The van der Waals surface area contributed by atoms with Crippen molar-refractivity contribution in [2.45, 2.75) is 13.8 Å². The molecule has 1 amide bonds. The summed E-state index contributed by atoms with van der Waals surface area (Å²) in [7, 11) is 3.23. The lowest BCUT2D eigenvalue weighted by molar-refractivity contribution is 0.0629. The fourth-order valence-corrected chi connectivity index (χ4v) is 3.68. The van der Waals surface area contributed by atoms with Gasteiger partial charge < -0.3 is 18.9 Å². The molecule has 8 heteroatoms. The molecule has 3 heterocycles. The molecular formula is C19H23N3O4S. The molecular weight excluding hydrogens is 366 g/mol. The maximum Gasteiger partial charge on any atom is 0.259 e. The van der Waals surface area contributed by atoms with Crippen LogP contribution in [0.25, 0.3) is 21.7 Å². The summed E-state index contributed by atoms with van der Waals surface area (Å²) in [5.74, 6) is -0.114. The number of hydrogen-bond acceptors (Lipinski definition) is 7. The number of rotatable bonds is 8. The molecule has 27 heavy (non-hydrogen) atoms. The van der Waals surface area contributed by atoms with Crippen LogP contribution >= 0.6 is 11.3 Å². The number of nitrogens with zero attached hydrogens (tertiary/aromatic N) is 3. The third kappa shape index (κ3) is 4.18. The Kier molecular flexibility index (Phi) is 6.20. The van der Waals surface area contributed by atoms with Gasteiger partial charge in [-0.05, 0) is 32.0 Å². The Morgan fingerprint density at radius 2 is 1.89 bits per heavy atom. The Hall–Kier alpha value is -2.29. The molecule has 144 valence electrons. The summed E-state index contributed by atoms with van der Waals surface area (Å²) in [6, 6.07) is 5.86. The van der Waals surface area contributed by atoms with E-state index in [0.717, 1.165) is 4.88 Å². The highest BCUT2D eigenvalue weighted by Gasteiger charge is 2.23. The third-order valence-corrected chi connectivity index (χ3v) is 5.28. The molecule has 3 aromatic heterocycles. The Bertz CT molecular complexity index is 926. The molecule has 0 radical (unpaired) electrons. The second-order valence-electron chi connectivity index (χ2n) is 6.19. The molecule has 0 aromatic carbocycles. The van der Waals surface area contributed by atoms with Crippen molar-refractivity contribution in [3.63, 3.8) is 0 Å². The number of methoxy groups -OCH3 is 2. The van der Waals surface area contributed by atoms with Crippen molar-refractivity contribution in [2.75, 3.05) is 40.5 Å². The number of pyridine rings is 1. The topological polar surface area (TPSA) is 77.7 Å². The number of amides is 1. The number of carbonyl (C=O) groups is 1. The monoisotopic (exact) mass is 389 g/mol. The van der Waals surface area contributed by atoms with Gasteiger partial charge >= 0.3 is 0 Å². The van der Waals surface area contributed by atoms with Gasteiger partial charge in [-0.15, -0.1) is 11.3 Å². The second-order valence-corrected chi connectivity index (χ2v) is 7.48. The number of hydrogen-bond donors (Lipinski definition) is 0. The highest BCUT2D eigenvalue weighted by Crippen LogP contribution is 2.31. The Balaban J connectivity index is 2.06. The zero-order valence-electron chi connectivity index (χ0n) is 15.9. The molecule has 0 unspecified atom stereocenters. The number of carbonyl (C=O) groups excluding carboxylic acids is 1. The van der Waals surface area contributed by atoms with Gasteiger partial charge in [-0.3, -0.25) is 4.79 Å². The number of ether oxygens (including phenoxy) is 2. The van der Waals surface area contributed by atoms with Crippen molar-refractivity contribution in [3.8, 4) is 10.6 Å². The van der Waals surface area contributed by atoms with Crippen molar-refractivity contribution < 1.29 is 18.8 Å². The molecule has 0 saturated carbocycles. The minimum Gasteiger partial charge on any atom is -0.383 e. The van der Waals surface area contributed by atoms with Gasteiger partial charge in [0, 0.05) is 32.2 Å². The molecule has 7 nitrogen and oxygen atoms in total. The van der Waals surface area contributed by atoms with Crippen LogP contribution in [-0.2, 0) is 9.47 Å². The van der Waals surface area contributed by atoms with Crippen LogP contribution in [0.15, 0.2) is 22.7 Å². The van der Waals surface area contributed by atoms with Gasteiger partial charge in [0.2, 0.25) is 0 Å². The van der Waals surface area contributed by atoms with Crippen LogP contribution < -0.4 is 0 Å². The summed E-state index contributed by atoms with van der Waals surface area (Å²) in [4.78, 5) is 21.8. The molecule has 0 aliphatic carbocycles. The van der Waals surface area contributed by atoms with Crippen LogP contribution in [0, 0.1) is 13.8 Å². The first-order chi connectivity index (χ1) is 13.0. The van der Waals surface area contributed by atoms with Crippen LogP contribution in [0.2, 0.25) is 0 Å². The lowest BCUT2D eigenvalue weighted by Crippen LogP contribution is -2.36. The molecule has 0 N–H and O–H groups in total. The summed E-state index contributed by atoms with van der Waals surface area (Å²) in [6.45, 7) is 5.69. The lowest BCUT2D eigenvalue weighted by atomic mass is 10.1. The average Bonchev–Trinajstić information content (AvgIpc) is 3.27. The Morgan fingerprint density at radius 1 is 1.19 bits per heavy atom. The first-order valence-electron chi connectivity index (χ1n) is 8.66. The van der Waals surface area contributed by atoms with Crippen LogP contribution in [0.3, 0.4) is 0 Å². The second kappa shape index (κ2) is 8.60. The molecule has 0 bridgehead atoms. The average molecular weight is 389 g/mol. The van der Waals surface area contributed by atoms with Crippen molar-refractivity contribution in [1.29, 1.82) is 0 Å². The highest BCUT2D eigenvalue weighted by molar-refractivity contribution is 7.15. The maximum atomic E-state index is 13.3. The molecule has 0 spiro atoms. The van der Waals surface area contributed by atoms with E-state index in [4.69, 9.17) is 14.0 Å². The molecule has 0 saturated heterocycles. The summed E-state index contributed by atoms with van der Waals surface area (Å²) < 4.78 is 15.7. The zero-order chi connectivity index (χ0) is 19.4. The fraction of sp³-hybridized carbons (Fsp3) is 0.421. The van der Waals surface area contributed by atoms with Gasteiger partial charge in [-0.25, -0.2) is 4.98 Å². The van der Waals surface area contributed by atoms with Gasteiger partial charge in [0.15, 0.2) is 0 Å². The molecule has 0 aliphatic rings. The minimum atomic E-state index is -0.114. The number of fused-ring (bicyclic) bond motifs is 1. The number of aromatic nitrogens is 2. The smallest absolute Gasteiger partial charge is 0.259 e. The van der Waals surface area contributed by atoms with E-state index in [0.29, 0.717) is 54.4 Å². The van der Waals surface area contributed by atoms with Crippen LogP contribution in [0.1, 0.15) is 20.9 Å². The number of thiophene rings is 1. The molecule has 0 fully saturated rings.